The minimum Gasteiger partial charge on any atom is -0.334 e. The van der Waals surface area contributed by atoms with Crippen molar-refractivity contribution in [1.29, 1.82) is 5.26 Å². The summed E-state index contributed by atoms with van der Waals surface area (Å²) >= 11 is 0. The molecule has 1 aromatic heterocycles. The Morgan fingerprint density at radius 2 is 2.00 bits per heavy atom. The van der Waals surface area contributed by atoms with Crippen LogP contribution in [0.5, 0.6) is 0 Å². The Morgan fingerprint density at radius 1 is 1.23 bits per heavy atom. The Bertz CT molecular complexity index is 1160. The summed E-state index contributed by atoms with van der Waals surface area (Å²) in [5.41, 5.74) is 0.721. The monoisotopic (exact) mass is 403 g/mol. The molecule has 3 atom stereocenters. The van der Waals surface area contributed by atoms with Gasteiger partial charge in [0, 0.05) is 23.5 Å². The Morgan fingerprint density at radius 3 is 2.70 bits per heavy atom. The van der Waals surface area contributed by atoms with E-state index in [0.717, 1.165) is 0 Å². The summed E-state index contributed by atoms with van der Waals surface area (Å²) in [6.07, 6.45) is 2.21. The number of imide groups is 1. The molecule has 4 amide bonds. The molecular formula is C22H21N5O3. The van der Waals surface area contributed by atoms with Gasteiger partial charge in [-0.1, -0.05) is 20.8 Å². The molecule has 2 aromatic rings. The second-order valence-electron chi connectivity index (χ2n) is 9.12. The molecular weight excluding hydrogens is 382 g/mol. The lowest BCUT2D eigenvalue weighted by Gasteiger charge is -2.37. The first-order valence-corrected chi connectivity index (χ1v) is 9.99. The van der Waals surface area contributed by atoms with Crippen LogP contribution < -0.4 is 4.90 Å². The zero-order chi connectivity index (χ0) is 21.4. The molecule has 2 unspecified atom stereocenters. The molecule has 3 aliphatic heterocycles. The van der Waals surface area contributed by atoms with E-state index >= 15 is 0 Å². The quantitative estimate of drug-likeness (QED) is 0.681. The highest BCUT2D eigenvalue weighted by Gasteiger charge is 2.63. The maximum Gasteiger partial charge on any atom is 0.332 e. The normalized spacial score (nSPS) is 25.3. The van der Waals surface area contributed by atoms with Gasteiger partial charge in [0.15, 0.2) is 0 Å². The van der Waals surface area contributed by atoms with Crippen molar-refractivity contribution >= 4 is 34.4 Å². The number of rotatable bonds is 1. The number of pyridine rings is 1. The van der Waals surface area contributed by atoms with E-state index in [2.05, 4.69) is 11.1 Å². The first kappa shape index (κ1) is 18.6. The highest BCUT2D eigenvalue weighted by Crippen LogP contribution is 2.44. The lowest BCUT2D eigenvalue weighted by atomic mass is 9.93. The minimum absolute atomic E-state index is 0.00127. The molecule has 0 aliphatic carbocycles. The lowest BCUT2D eigenvalue weighted by Crippen LogP contribution is -2.56. The van der Waals surface area contributed by atoms with Crippen molar-refractivity contribution in [3.63, 3.8) is 0 Å². The standard InChI is InChI=1S/C22H21N5O3/c1-22(2,3)20(29)25-11-13-9-16(25)18-19(28)27(21(30)26(13)18)15-7-6-12(10-23)17-14(15)5-4-8-24-17/h4-8,13,16,18H,9,11H2,1-3H3/t13?,16?,18-/m1/s1. The average Bonchev–Trinajstić information content (AvgIpc) is 3.37. The molecule has 8 heteroatoms. The van der Waals surface area contributed by atoms with Gasteiger partial charge in [-0.15, -0.1) is 0 Å². The molecule has 3 fully saturated rings. The molecule has 2 bridgehead atoms. The van der Waals surface area contributed by atoms with Gasteiger partial charge >= 0.3 is 6.03 Å². The van der Waals surface area contributed by atoms with Crippen LogP contribution in [0.25, 0.3) is 10.9 Å². The van der Waals surface area contributed by atoms with E-state index in [1.165, 1.54) is 4.90 Å². The molecule has 1 aromatic carbocycles. The van der Waals surface area contributed by atoms with Crippen LogP contribution in [0.15, 0.2) is 30.5 Å². The summed E-state index contributed by atoms with van der Waals surface area (Å²) in [6.45, 7) is 6.05. The number of benzene rings is 1. The van der Waals surface area contributed by atoms with Gasteiger partial charge in [0.2, 0.25) is 5.91 Å². The zero-order valence-corrected chi connectivity index (χ0v) is 17.0. The van der Waals surface area contributed by atoms with E-state index in [0.29, 0.717) is 35.1 Å². The third-order valence-electron chi connectivity index (χ3n) is 6.27. The van der Waals surface area contributed by atoms with Crippen molar-refractivity contribution in [2.45, 2.75) is 45.3 Å². The van der Waals surface area contributed by atoms with Crippen molar-refractivity contribution in [3.8, 4) is 6.07 Å². The van der Waals surface area contributed by atoms with Crippen LogP contribution in [-0.2, 0) is 9.59 Å². The second-order valence-corrected chi connectivity index (χ2v) is 9.12. The minimum atomic E-state index is -0.662. The maximum absolute atomic E-state index is 13.4. The topological polar surface area (TPSA) is 97.6 Å². The smallest absolute Gasteiger partial charge is 0.332 e. The van der Waals surface area contributed by atoms with Gasteiger partial charge in [0.05, 0.1) is 28.9 Å². The Labute approximate surface area is 173 Å². The number of aromatic nitrogens is 1. The SMILES string of the molecule is CC(C)(C)C(=O)N1CC2CC1[C@@H]1C(=O)N(c3ccc(C#N)c4ncccc34)C(=O)N21. The number of piperazine rings is 1. The van der Waals surface area contributed by atoms with Crippen LogP contribution in [0.2, 0.25) is 0 Å². The number of hydrogen-bond donors (Lipinski definition) is 0. The fourth-order valence-electron chi connectivity index (χ4n) is 4.99. The van der Waals surface area contributed by atoms with Crippen LogP contribution in [0, 0.1) is 16.7 Å². The lowest BCUT2D eigenvalue weighted by molar-refractivity contribution is -0.143. The fraction of sp³-hybridized carbons (Fsp3) is 0.409. The Hall–Kier alpha value is -3.47. The van der Waals surface area contributed by atoms with Gasteiger partial charge in [0.1, 0.15) is 12.1 Å². The van der Waals surface area contributed by atoms with E-state index in [9.17, 15) is 19.6 Å². The predicted octanol–water partition coefficient (Wildman–Crippen LogP) is 2.27. The average molecular weight is 403 g/mol. The van der Waals surface area contributed by atoms with Gasteiger partial charge in [-0.2, -0.15) is 5.26 Å². The number of amides is 4. The van der Waals surface area contributed by atoms with E-state index in [-0.39, 0.29) is 29.9 Å². The molecule has 5 rings (SSSR count). The molecule has 0 spiro atoms. The van der Waals surface area contributed by atoms with E-state index in [1.807, 2.05) is 20.8 Å². The van der Waals surface area contributed by atoms with Gasteiger partial charge in [-0.05, 0) is 30.7 Å². The molecule has 3 aliphatic rings. The maximum atomic E-state index is 13.4. The largest absolute Gasteiger partial charge is 0.334 e. The van der Waals surface area contributed by atoms with E-state index < -0.39 is 11.5 Å². The summed E-state index contributed by atoms with van der Waals surface area (Å²) in [5, 5.41) is 9.95. The van der Waals surface area contributed by atoms with Crippen LogP contribution in [0.1, 0.15) is 32.8 Å². The molecule has 8 nitrogen and oxygen atoms in total. The van der Waals surface area contributed by atoms with Crippen LogP contribution in [-0.4, -0.2) is 57.3 Å². The highest BCUT2D eigenvalue weighted by molar-refractivity contribution is 6.25. The number of carbonyl (C=O) groups excluding carboxylic acids is 3. The molecule has 30 heavy (non-hydrogen) atoms. The summed E-state index contributed by atoms with van der Waals surface area (Å²) in [5.74, 6) is -0.324. The summed E-state index contributed by atoms with van der Waals surface area (Å²) < 4.78 is 0. The van der Waals surface area contributed by atoms with Crippen LogP contribution in [0.4, 0.5) is 10.5 Å². The van der Waals surface area contributed by atoms with Crippen molar-refractivity contribution < 1.29 is 14.4 Å². The number of anilines is 1. The van der Waals surface area contributed by atoms with Gasteiger partial charge in [-0.25, -0.2) is 9.69 Å². The zero-order valence-electron chi connectivity index (χ0n) is 17.0. The second kappa shape index (κ2) is 6.02. The number of nitriles is 1. The molecule has 0 radical (unpaired) electrons. The number of urea groups is 1. The summed E-state index contributed by atoms with van der Waals surface area (Å²) in [4.78, 5) is 48.5. The van der Waals surface area contributed by atoms with Gasteiger partial charge in [0.25, 0.3) is 5.91 Å². The third kappa shape index (κ3) is 2.32. The summed E-state index contributed by atoms with van der Waals surface area (Å²) in [6, 6.07) is 7.30. The van der Waals surface area contributed by atoms with Crippen molar-refractivity contribution in [2.24, 2.45) is 5.41 Å². The Balaban J connectivity index is 1.56. The predicted molar refractivity (Wildman–Crippen MR) is 108 cm³/mol. The van der Waals surface area contributed by atoms with Gasteiger partial charge < -0.3 is 9.80 Å². The number of likely N-dealkylation sites (tertiary alicyclic amines) is 1. The highest BCUT2D eigenvalue weighted by atomic mass is 16.2. The Kier molecular flexibility index (Phi) is 3.72. The van der Waals surface area contributed by atoms with Crippen molar-refractivity contribution in [3.05, 3.63) is 36.0 Å². The number of hydrogen-bond acceptors (Lipinski definition) is 5. The molecule has 152 valence electrons. The third-order valence-corrected chi connectivity index (χ3v) is 6.27. The van der Waals surface area contributed by atoms with Crippen LogP contribution in [0.3, 0.4) is 0 Å². The first-order valence-electron chi connectivity index (χ1n) is 9.99. The molecule has 0 saturated carbocycles. The van der Waals surface area contributed by atoms with Crippen molar-refractivity contribution in [1.82, 2.24) is 14.8 Å². The fourth-order valence-corrected chi connectivity index (χ4v) is 4.99. The molecule has 3 saturated heterocycles. The van der Waals surface area contributed by atoms with E-state index in [1.54, 1.807) is 40.3 Å². The number of fused-ring (bicyclic) bond motifs is 6. The van der Waals surface area contributed by atoms with Gasteiger partial charge in [-0.3, -0.25) is 14.6 Å². The molecule has 0 N–H and O–H groups in total. The number of carbonyl (C=O) groups is 3. The summed E-state index contributed by atoms with van der Waals surface area (Å²) in [7, 11) is 0. The first-order chi connectivity index (χ1) is 14.2. The van der Waals surface area contributed by atoms with Crippen LogP contribution >= 0.6 is 0 Å². The van der Waals surface area contributed by atoms with E-state index in [4.69, 9.17) is 0 Å². The van der Waals surface area contributed by atoms with Crippen molar-refractivity contribution in [2.75, 3.05) is 11.4 Å². The number of nitrogens with zero attached hydrogens (tertiary/aromatic N) is 5. The molecule has 4 heterocycles.